The van der Waals surface area contributed by atoms with Gasteiger partial charge in [-0.3, -0.25) is 10.1 Å². The molecule has 3 rings (SSSR count). The van der Waals surface area contributed by atoms with E-state index in [1.807, 2.05) is 6.08 Å². The summed E-state index contributed by atoms with van der Waals surface area (Å²) in [5, 5.41) is 10.7. The van der Waals surface area contributed by atoms with Crippen LogP contribution in [0.15, 0.2) is 36.9 Å². The van der Waals surface area contributed by atoms with Gasteiger partial charge in [-0.2, -0.15) is 0 Å². The van der Waals surface area contributed by atoms with Crippen molar-refractivity contribution in [1.82, 2.24) is 0 Å². The fourth-order valence-electron chi connectivity index (χ4n) is 4.59. The molecule has 0 aliphatic heterocycles. The molecule has 0 amide bonds. The van der Waals surface area contributed by atoms with Gasteiger partial charge in [0.05, 0.1) is 10.5 Å². The molecule has 2 saturated carbocycles. The van der Waals surface area contributed by atoms with Crippen molar-refractivity contribution in [3.8, 4) is 0 Å². The van der Waals surface area contributed by atoms with Crippen molar-refractivity contribution in [1.29, 1.82) is 0 Å². The predicted molar refractivity (Wildman–Crippen MR) is 90.7 cm³/mol. The zero-order valence-corrected chi connectivity index (χ0v) is 13.8. The molecule has 3 atom stereocenters. The van der Waals surface area contributed by atoms with E-state index in [-0.39, 0.29) is 23.2 Å². The first-order valence-corrected chi connectivity index (χ1v) is 8.63. The highest BCUT2D eigenvalue weighted by Gasteiger charge is 2.51. The van der Waals surface area contributed by atoms with Crippen LogP contribution in [0.5, 0.6) is 0 Å². The van der Waals surface area contributed by atoms with Crippen LogP contribution >= 0.6 is 0 Å². The second-order valence-corrected chi connectivity index (χ2v) is 6.94. The molecule has 128 valence electrons. The van der Waals surface area contributed by atoms with Crippen molar-refractivity contribution in [3.63, 3.8) is 0 Å². The van der Waals surface area contributed by atoms with E-state index in [2.05, 4.69) is 6.58 Å². The van der Waals surface area contributed by atoms with Crippen molar-refractivity contribution in [3.05, 3.63) is 52.6 Å². The molecule has 0 saturated heterocycles. The second-order valence-electron chi connectivity index (χ2n) is 6.94. The highest BCUT2D eigenvalue weighted by Crippen LogP contribution is 2.55. The van der Waals surface area contributed by atoms with Crippen LogP contribution in [0, 0.1) is 21.4 Å². The summed E-state index contributed by atoms with van der Waals surface area (Å²) in [6, 6.07) is 5.62. The van der Waals surface area contributed by atoms with Crippen molar-refractivity contribution in [2.24, 2.45) is 11.3 Å². The SMILES string of the molecule is C=CC[C@@]12CCCC[C@@H]1CC[C@H]2OC(=O)c1ccc([N+](=O)[O-])cc1. The molecule has 24 heavy (non-hydrogen) atoms. The lowest BCUT2D eigenvalue weighted by atomic mass is 9.65. The molecule has 2 fully saturated rings. The van der Waals surface area contributed by atoms with Gasteiger partial charge in [0.25, 0.3) is 5.69 Å². The Balaban J connectivity index is 1.75. The van der Waals surface area contributed by atoms with E-state index in [1.54, 1.807) is 0 Å². The van der Waals surface area contributed by atoms with E-state index in [0.29, 0.717) is 11.5 Å². The Kier molecular flexibility index (Phi) is 4.69. The van der Waals surface area contributed by atoms with Crippen LogP contribution in [0.2, 0.25) is 0 Å². The lowest BCUT2D eigenvalue weighted by molar-refractivity contribution is -0.384. The molecule has 0 unspecified atom stereocenters. The van der Waals surface area contributed by atoms with Gasteiger partial charge in [-0.15, -0.1) is 6.58 Å². The minimum absolute atomic E-state index is 0.0251. The summed E-state index contributed by atoms with van der Waals surface area (Å²) in [7, 11) is 0. The van der Waals surface area contributed by atoms with Crippen LogP contribution < -0.4 is 0 Å². The largest absolute Gasteiger partial charge is 0.458 e. The van der Waals surface area contributed by atoms with Crippen molar-refractivity contribution < 1.29 is 14.5 Å². The number of hydrogen-bond acceptors (Lipinski definition) is 4. The Bertz CT molecular complexity index is 639. The number of nitro groups is 1. The average Bonchev–Trinajstić information content (AvgIpc) is 2.93. The summed E-state index contributed by atoms with van der Waals surface area (Å²) in [6.45, 7) is 3.90. The quantitative estimate of drug-likeness (QED) is 0.341. The number of fused-ring (bicyclic) bond motifs is 1. The number of ether oxygens (including phenoxy) is 1. The topological polar surface area (TPSA) is 69.4 Å². The van der Waals surface area contributed by atoms with Gasteiger partial charge >= 0.3 is 5.97 Å². The maximum absolute atomic E-state index is 12.5. The Hall–Kier alpha value is -2.17. The van der Waals surface area contributed by atoms with Crippen molar-refractivity contribution in [2.45, 2.75) is 51.0 Å². The minimum atomic E-state index is -0.474. The Labute approximate surface area is 141 Å². The molecule has 0 aromatic heterocycles. The number of nitrogens with zero attached hydrogens (tertiary/aromatic N) is 1. The van der Waals surface area contributed by atoms with Crippen LogP contribution in [0.3, 0.4) is 0 Å². The summed E-state index contributed by atoms with van der Waals surface area (Å²) in [5.74, 6) is 0.225. The van der Waals surface area contributed by atoms with Gasteiger partial charge < -0.3 is 4.74 Å². The summed E-state index contributed by atoms with van der Waals surface area (Å²) < 4.78 is 5.87. The number of rotatable bonds is 5. The Morgan fingerprint density at radius 2 is 2.04 bits per heavy atom. The molecule has 1 aromatic rings. The molecule has 0 heterocycles. The van der Waals surface area contributed by atoms with Gasteiger partial charge in [-0.05, 0) is 50.2 Å². The third kappa shape index (κ3) is 2.95. The number of nitro benzene ring substituents is 1. The smallest absolute Gasteiger partial charge is 0.338 e. The molecule has 5 heteroatoms. The molecule has 5 nitrogen and oxygen atoms in total. The summed E-state index contributed by atoms with van der Waals surface area (Å²) >= 11 is 0. The van der Waals surface area contributed by atoms with Crippen molar-refractivity contribution >= 4 is 11.7 Å². The number of carbonyl (C=O) groups excluding carboxylic acids is 1. The van der Waals surface area contributed by atoms with Gasteiger partial charge in [0.15, 0.2) is 0 Å². The minimum Gasteiger partial charge on any atom is -0.458 e. The molecule has 0 N–H and O–H groups in total. The van der Waals surface area contributed by atoms with E-state index < -0.39 is 4.92 Å². The Morgan fingerprint density at radius 1 is 1.29 bits per heavy atom. The van der Waals surface area contributed by atoms with E-state index in [4.69, 9.17) is 4.74 Å². The lowest BCUT2D eigenvalue weighted by Crippen LogP contribution is -2.40. The van der Waals surface area contributed by atoms with Gasteiger partial charge in [0.2, 0.25) is 0 Å². The molecular weight excluding hydrogens is 306 g/mol. The lowest BCUT2D eigenvalue weighted by Gasteiger charge is -2.42. The highest BCUT2D eigenvalue weighted by atomic mass is 16.6. The number of carbonyl (C=O) groups is 1. The average molecular weight is 329 g/mol. The fraction of sp³-hybridized carbons (Fsp3) is 0.526. The normalized spacial score (nSPS) is 28.8. The first-order chi connectivity index (χ1) is 11.6. The monoisotopic (exact) mass is 329 g/mol. The third-order valence-corrected chi connectivity index (χ3v) is 5.76. The maximum atomic E-state index is 12.5. The molecule has 1 aromatic carbocycles. The van der Waals surface area contributed by atoms with Crippen LogP contribution in [-0.2, 0) is 4.74 Å². The van der Waals surface area contributed by atoms with Crippen LogP contribution in [0.1, 0.15) is 55.3 Å². The first kappa shape index (κ1) is 16.7. The summed E-state index contributed by atoms with van der Waals surface area (Å²) in [4.78, 5) is 22.7. The highest BCUT2D eigenvalue weighted by molar-refractivity contribution is 5.89. The fourth-order valence-corrected chi connectivity index (χ4v) is 4.59. The summed E-state index contributed by atoms with van der Waals surface area (Å²) in [6.07, 6.45) is 9.49. The number of esters is 1. The number of benzene rings is 1. The van der Waals surface area contributed by atoms with Gasteiger partial charge in [0.1, 0.15) is 6.10 Å². The second kappa shape index (κ2) is 6.75. The van der Waals surface area contributed by atoms with Crippen LogP contribution in [0.4, 0.5) is 5.69 Å². The number of allylic oxidation sites excluding steroid dienone is 1. The Morgan fingerprint density at radius 3 is 2.71 bits per heavy atom. The van der Waals surface area contributed by atoms with E-state index >= 15 is 0 Å². The van der Waals surface area contributed by atoms with Gasteiger partial charge in [-0.1, -0.05) is 18.9 Å². The van der Waals surface area contributed by atoms with Crippen LogP contribution in [-0.4, -0.2) is 17.0 Å². The van der Waals surface area contributed by atoms with E-state index in [9.17, 15) is 14.9 Å². The van der Waals surface area contributed by atoms with E-state index in [1.165, 1.54) is 43.5 Å². The third-order valence-electron chi connectivity index (χ3n) is 5.76. The van der Waals surface area contributed by atoms with Crippen LogP contribution in [0.25, 0.3) is 0 Å². The molecule has 2 aliphatic carbocycles. The molecule has 2 aliphatic rings. The first-order valence-electron chi connectivity index (χ1n) is 8.63. The number of hydrogen-bond donors (Lipinski definition) is 0. The zero-order chi connectivity index (χ0) is 17.2. The predicted octanol–water partition coefficient (Wildman–Crippen LogP) is 4.67. The molecule has 0 radical (unpaired) electrons. The van der Waals surface area contributed by atoms with E-state index in [0.717, 1.165) is 25.7 Å². The van der Waals surface area contributed by atoms with Gasteiger partial charge in [-0.25, -0.2) is 4.79 Å². The maximum Gasteiger partial charge on any atom is 0.338 e. The van der Waals surface area contributed by atoms with Crippen molar-refractivity contribution in [2.75, 3.05) is 0 Å². The molecule has 0 spiro atoms. The zero-order valence-electron chi connectivity index (χ0n) is 13.8. The number of non-ortho nitro benzene ring substituents is 1. The molecule has 0 bridgehead atoms. The molecular formula is C19H23NO4. The summed E-state index contributed by atoms with van der Waals surface area (Å²) in [5.41, 5.74) is 0.382. The standard InChI is InChI=1S/C19H23NO4/c1-2-12-19-13-4-3-5-15(19)8-11-17(19)24-18(21)14-6-9-16(10-7-14)20(22)23/h2,6-7,9-10,15,17H,1,3-5,8,11-13H2/t15-,17-,19-/m1/s1. The van der Waals surface area contributed by atoms with Gasteiger partial charge in [0, 0.05) is 17.5 Å².